The molecule has 0 saturated carbocycles. The van der Waals surface area contributed by atoms with Gasteiger partial charge in [-0.2, -0.15) is 0 Å². The number of rotatable bonds is 1. The number of hydrogen-bond acceptors (Lipinski definition) is 8. The van der Waals surface area contributed by atoms with E-state index in [1.165, 1.54) is 19.6 Å². The minimum atomic E-state index is -0.754. The van der Waals surface area contributed by atoms with Gasteiger partial charge in [0.15, 0.2) is 0 Å². The Kier molecular flexibility index (Phi) is 11.7. The molecule has 0 aromatic carbocycles. The van der Waals surface area contributed by atoms with Crippen LogP contribution in [0.2, 0.25) is 0 Å². The highest BCUT2D eigenvalue weighted by atomic mass is 16.6. The molecule has 1 aliphatic rings. The summed E-state index contributed by atoms with van der Waals surface area (Å²) in [6.07, 6.45) is -1.67. The molecule has 1 heterocycles. The second-order valence-corrected chi connectivity index (χ2v) is 12.5. The molecule has 220 valence electrons. The van der Waals surface area contributed by atoms with E-state index in [2.05, 4.69) is 0 Å². The third-order valence-corrected chi connectivity index (χ3v) is 5.22. The van der Waals surface area contributed by atoms with Crippen molar-refractivity contribution in [1.82, 2.24) is 19.6 Å². The van der Waals surface area contributed by atoms with Gasteiger partial charge in [0, 0.05) is 52.4 Å². The Bertz CT molecular complexity index is 783. The number of carbonyl (C=O) groups is 4. The molecule has 0 aliphatic carbocycles. The average Bonchev–Trinajstić information content (AvgIpc) is 2.69. The van der Waals surface area contributed by atoms with Crippen molar-refractivity contribution in [3.05, 3.63) is 0 Å². The summed E-state index contributed by atoms with van der Waals surface area (Å²) in [5, 5.41) is 0. The predicted molar refractivity (Wildman–Crippen MR) is 144 cm³/mol. The molecule has 12 heteroatoms. The van der Waals surface area contributed by atoms with E-state index in [0.717, 1.165) is 0 Å². The van der Waals surface area contributed by atoms with Crippen molar-refractivity contribution in [3.63, 3.8) is 0 Å². The SMILES string of the molecule is C[C@@H](N)C(=O)N1CCN(C(=O)OC(C)(C)C)CCN(C(=O)OC(C)(C)C)CCN(C(=O)OC(C)(C)C)CC1. The van der Waals surface area contributed by atoms with E-state index in [1.54, 1.807) is 69.2 Å². The minimum Gasteiger partial charge on any atom is -0.444 e. The van der Waals surface area contributed by atoms with Crippen LogP contribution in [0.3, 0.4) is 0 Å². The van der Waals surface area contributed by atoms with Crippen molar-refractivity contribution in [1.29, 1.82) is 0 Å². The maximum atomic E-state index is 13.0. The molecule has 12 nitrogen and oxygen atoms in total. The molecule has 4 amide bonds. The van der Waals surface area contributed by atoms with Gasteiger partial charge >= 0.3 is 18.3 Å². The van der Waals surface area contributed by atoms with Crippen molar-refractivity contribution < 1.29 is 33.4 Å². The van der Waals surface area contributed by atoms with Crippen LogP contribution < -0.4 is 5.73 Å². The summed E-state index contributed by atoms with van der Waals surface area (Å²) in [5.74, 6) is -0.300. The molecule has 1 fully saturated rings. The second kappa shape index (κ2) is 13.3. The molecule has 1 atom stereocenters. The number of hydrogen-bond donors (Lipinski definition) is 1. The van der Waals surface area contributed by atoms with Crippen LogP contribution in [0.4, 0.5) is 14.4 Å². The topological polar surface area (TPSA) is 135 Å². The first-order valence-corrected chi connectivity index (χ1v) is 13.2. The quantitative estimate of drug-likeness (QED) is 0.499. The summed E-state index contributed by atoms with van der Waals surface area (Å²) in [7, 11) is 0. The number of nitrogens with zero attached hydrogens (tertiary/aromatic N) is 4. The first kappa shape index (κ1) is 33.3. The summed E-state index contributed by atoms with van der Waals surface area (Å²) in [5.41, 5.74) is 3.71. The molecular formula is C26H49N5O7. The summed E-state index contributed by atoms with van der Waals surface area (Å²) in [4.78, 5) is 57.8. The van der Waals surface area contributed by atoms with E-state index in [9.17, 15) is 19.2 Å². The Morgan fingerprint density at radius 2 is 0.737 bits per heavy atom. The van der Waals surface area contributed by atoms with Gasteiger partial charge in [-0.15, -0.1) is 0 Å². The van der Waals surface area contributed by atoms with Crippen LogP contribution >= 0.6 is 0 Å². The highest BCUT2D eigenvalue weighted by Gasteiger charge is 2.30. The molecule has 1 saturated heterocycles. The number of amides is 4. The summed E-state index contributed by atoms with van der Waals surface area (Å²) in [6, 6.07) is -0.754. The van der Waals surface area contributed by atoms with Crippen molar-refractivity contribution in [3.8, 4) is 0 Å². The zero-order valence-corrected chi connectivity index (χ0v) is 25.0. The lowest BCUT2D eigenvalue weighted by atomic mass is 10.2. The second-order valence-electron chi connectivity index (χ2n) is 12.5. The van der Waals surface area contributed by atoms with Gasteiger partial charge in [-0.25, -0.2) is 14.4 Å². The summed E-state index contributed by atoms with van der Waals surface area (Å²) in [6.45, 7) is 18.7. The Morgan fingerprint density at radius 1 is 0.526 bits per heavy atom. The largest absolute Gasteiger partial charge is 0.444 e. The van der Waals surface area contributed by atoms with Crippen LogP contribution in [0.1, 0.15) is 69.2 Å². The van der Waals surface area contributed by atoms with E-state index in [4.69, 9.17) is 19.9 Å². The van der Waals surface area contributed by atoms with Gasteiger partial charge in [-0.3, -0.25) is 4.79 Å². The maximum absolute atomic E-state index is 13.0. The van der Waals surface area contributed by atoms with Crippen LogP contribution in [0, 0.1) is 0 Å². The van der Waals surface area contributed by atoms with Crippen LogP contribution in [0.25, 0.3) is 0 Å². The molecule has 1 aliphatic heterocycles. The molecule has 1 rings (SSSR count). The monoisotopic (exact) mass is 543 g/mol. The molecule has 0 aromatic rings. The van der Waals surface area contributed by atoms with Gasteiger partial charge in [0.2, 0.25) is 5.91 Å². The Balaban J connectivity index is 3.31. The molecule has 0 unspecified atom stereocenters. The van der Waals surface area contributed by atoms with Crippen LogP contribution in [-0.4, -0.2) is 119 Å². The summed E-state index contributed by atoms with van der Waals surface area (Å²) < 4.78 is 16.7. The van der Waals surface area contributed by atoms with Crippen molar-refractivity contribution in [2.24, 2.45) is 5.73 Å². The molecule has 38 heavy (non-hydrogen) atoms. The fourth-order valence-electron chi connectivity index (χ4n) is 3.45. The lowest BCUT2D eigenvalue weighted by Gasteiger charge is -2.36. The Morgan fingerprint density at radius 3 is 0.921 bits per heavy atom. The zero-order chi connectivity index (χ0) is 29.5. The van der Waals surface area contributed by atoms with Gasteiger partial charge in [-0.05, 0) is 69.2 Å². The highest BCUT2D eigenvalue weighted by molar-refractivity contribution is 5.81. The van der Waals surface area contributed by atoms with E-state index < -0.39 is 41.1 Å². The minimum absolute atomic E-state index is 0.136. The van der Waals surface area contributed by atoms with Crippen molar-refractivity contribution in [2.75, 3.05) is 52.4 Å². The lowest BCUT2D eigenvalue weighted by Crippen LogP contribution is -2.53. The van der Waals surface area contributed by atoms with Crippen LogP contribution in [0.5, 0.6) is 0 Å². The summed E-state index contributed by atoms with van der Waals surface area (Å²) >= 11 is 0. The van der Waals surface area contributed by atoms with Crippen LogP contribution in [-0.2, 0) is 19.0 Å². The lowest BCUT2D eigenvalue weighted by molar-refractivity contribution is -0.132. The maximum Gasteiger partial charge on any atom is 0.410 e. The highest BCUT2D eigenvalue weighted by Crippen LogP contribution is 2.15. The first-order chi connectivity index (χ1) is 17.2. The normalized spacial score (nSPS) is 17.7. The van der Waals surface area contributed by atoms with E-state index in [1.807, 2.05) is 0 Å². The fraction of sp³-hybridized carbons (Fsp3) is 0.846. The Hall–Kier alpha value is -2.76. The Labute approximate surface area is 227 Å². The van der Waals surface area contributed by atoms with Gasteiger partial charge in [-0.1, -0.05) is 0 Å². The fourth-order valence-corrected chi connectivity index (χ4v) is 3.45. The van der Waals surface area contributed by atoms with Crippen molar-refractivity contribution in [2.45, 2.75) is 92.1 Å². The zero-order valence-electron chi connectivity index (χ0n) is 25.0. The van der Waals surface area contributed by atoms with Gasteiger partial charge in [0.1, 0.15) is 16.8 Å². The smallest absolute Gasteiger partial charge is 0.410 e. The third kappa shape index (κ3) is 12.7. The molecule has 0 aromatic heterocycles. The number of ether oxygens (including phenoxy) is 3. The van der Waals surface area contributed by atoms with E-state index >= 15 is 0 Å². The molecule has 2 N–H and O–H groups in total. The van der Waals surface area contributed by atoms with Gasteiger partial charge < -0.3 is 39.5 Å². The predicted octanol–water partition coefficient (Wildman–Crippen LogP) is 2.89. The number of nitrogens with two attached hydrogens (primary N) is 1. The van der Waals surface area contributed by atoms with E-state index in [0.29, 0.717) is 0 Å². The molecule has 0 spiro atoms. The standard InChI is InChI=1S/C26H49N5O7/c1-19(27)20(32)28-11-13-29(21(33)36-24(2,3)4)15-17-31(23(35)38-26(8,9)10)18-16-30(14-12-28)22(34)37-25(5,6)7/h19H,11-18,27H2,1-10H3/t19-/m1/s1. The average molecular weight is 544 g/mol. The third-order valence-electron chi connectivity index (χ3n) is 5.22. The van der Waals surface area contributed by atoms with Crippen molar-refractivity contribution >= 4 is 24.2 Å². The van der Waals surface area contributed by atoms with Crippen LogP contribution in [0.15, 0.2) is 0 Å². The molecular weight excluding hydrogens is 494 g/mol. The molecule has 0 radical (unpaired) electrons. The van der Waals surface area contributed by atoms with Gasteiger partial charge in [0.05, 0.1) is 6.04 Å². The first-order valence-electron chi connectivity index (χ1n) is 13.2. The number of carbonyl (C=O) groups excluding carboxylic acids is 4. The van der Waals surface area contributed by atoms with E-state index in [-0.39, 0.29) is 58.3 Å². The van der Waals surface area contributed by atoms with Gasteiger partial charge in [0.25, 0.3) is 0 Å². The molecule has 0 bridgehead atoms.